The number of nitrogens with one attached hydrogen (secondary N) is 1. The molecule has 0 radical (unpaired) electrons. The van der Waals surface area contributed by atoms with E-state index < -0.39 is 28.0 Å². The predicted molar refractivity (Wildman–Crippen MR) is 70.6 cm³/mol. The topological polar surface area (TPSA) is 164 Å². The summed E-state index contributed by atoms with van der Waals surface area (Å²) in [7, 11) is -3.46. The van der Waals surface area contributed by atoms with Crippen molar-refractivity contribution in [3.63, 3.8) is 0 Å². The van der Waals surface area contributed by atoms with Crippen molar-refractivity contribution in [3.8, 4) is 0 Å². The minimum absolute atomic E-state index is 0.133. The number of oxime groups is 1. The third-order valence-corrected chi connectivity index (χ3v) is 3.47. The molecule has 0 fully saturated rings. The zero-order chi connectivity index (χ0) is 15.3. The molecule has 0 aromatic carbocycles. The summed E-state index contributed by atoms with van der Waals surface area (Å²) in [4.78, 5) is 20.1. The smallest absolute Gasteiger partial charge is 0.293 e. The average molecular weight is 324 g/mol. The number of carbonyl (C=O) groups excluding carboxylic acids is 1. The number of aliphatic hydroxyl groups excluding tert-OH is 1. The molecular formula is C8H12N4O6S2. The summed E-state index contributed by atoms with van der Waals surface area (Å²) < 4.78 is 29.7. The van der Waals surface area contributed by atoms with Gasteiger partial charge in [-0.2, -0.15) is 8.42 Å². The fourth-order valence-electron chi connectivity index (χ4n) is 1.06. The summed E-state index contributed by atoms with van der Waals surface area (Å²) in [5.41, 5.74) is 3.16. The zero-order valence-electron chi connectivity index (χ0n) is 10.2. The van der Waals surface area contributed by atoms with Crippen molar-refractivity contribution in [2.75, 3.05) is 19.4 Å². The Hall–Kier alpha value is -1.76. The number of nitrogens with zero attached hydrogens (tertiary/aromatic N) is 2. The number of aromatic nitrogens is 1. The number of aliphatic hydroxyl groups is 1. The fraction of sp³-hybridized carbons (Fsp3) is 0.375. The summed E-state index contributed by atoms with van der Waals surface area (Å²) in [5, 5.41) is 16.2. The number of hydrogen-bond acceptors (Lipinski definition) is 9. The maximum Gasteiger partial charge on any atom is 0.293 e. The van der Waals surface area contributed by atoms with E-state index in [1.807, 2.05) is 0 Å². The normalized spacial score (nSPS) is 13.8. The molecule has 0 bridgehead atoms. The monoisotopic (exact) mass is 324 g/mol. The molecular weight excluding hydrogens is 312 g/mol. The summed E-state index contributed by atoms with van der Waals surface area (Å²) >= 11 is 1.07. The van der Waals surface area contributed by atoms with E-state index in [1.165, 1.54) is 12.5 Å². The summed E-state index contributed by atoms with van der Waals surface area (Å²) in [6.07, 6.45) is 0. The minimum atomic E-state index is -4.66. The van der Waals surface area contributed by atoms with Crippen LogP contribution in [0.5, 0.6) is 0 Å². The van der Waals surface area contributed by atoms with Crippen molar-refractivity contribution in [3.05, 3.63) is 11.1 Å². The number of rotatable bonds is 6. The lowest BCUT2D eigenvalue weighted by Gasteiger charge is -2.09. The Bertz CT molecular complexity index is 610. The molecule has 0 aliphatic heterocycles. The first kappa shape index (κ1) is 16.3. The van der Waals surface area contributed by atoms with Gasteiger partial charge in [-0.25, -0.2) is 4.98 Å². The Morgan fingerprint density at radius 2 is 2.35 bits per heavy atom. The molecule has 112 valence electrons. The molecule has 1 amide bonds. The van der Waals surface area contributed by atoms with Crippen LogP contribution in [0.3, 0.4) is 0 Å². The molecule has 0 saturated heterocycles. The van der Waals surface area contributed by atoms with Gasteiger partial charge in [-0.05, 0) is 0 Å². The average Bonchev–Trinajstić information content (AvgIpc) is 2.77. The van der Waals surface area contributed by atoms with Crippen LogP contribution >= 0.6 is 11.3 Å². The van der Waals surface area contributed by atoms with Gasteiger partial charge in [-0.15, -0.1) is 11.3 Å². The molecule has 12 heteroatoms. The van der Waals surface area contributed by atoms with E-state index in [1.54, 1.807) is 0 Å². The molecule has 20 heavy (non-hydrogen) atoms. The number of thiazole rings is 1. The number of nitrogen functional groups attached to an aromatic ring is 1. The van der Waals surface area contributed by atoms with Crippen molar-refractivity contribution in [2.24, 2.45) is 5.16 Å². The highest BCUT2D eigenvalue weighted by atomic mass is 32.2. The van der Waals surface area contributed by atoms with E-state index in [-0.39, 0.29) is 16.5 Å². The van der Waals surface area contributed by atoms with Crippen LogP contribution in [-0.4, -0.2) is 53.8 Å². The van der Waals surface area contributed by atoms with Crippen molar-refractivity contribution >= 4 is 38.2 Å². The minimum Gasteiger partial charge on any atom is -0.398 e. The van der Waals surface area contributed by atoms with Crippen molar-refractivity contribution in [2.45, 2.75) is 5.44 Å². The van der Waals surface area contributed by atoms with Crippen molar-refractivity contribution < 1.29 is 27.7 Å². The second-order valence-electron chi connectivity index (χ2n) is 3.37. The van der Waals surface area contributed by atoms with Crippen LogP contribution in [0, 0.1) is 0 Å². The van der Waals surface area contributed by atoms with Gasteiger partial charge in [0.1, 0.15) is 12.8 Å². The van der Waals surface area contributed by atoms with Gasteiger partial charge in [0.2, 0.25) is 0 Å². The first-order valence-electron chi connectivity index (χ1n) is 5.00. The van der Waals surface area contributed by atoms with Crippen LogP contribution in [0.25, 0.3) is 0 Å². The largest absolute Gasteiger partial charge is 0.398 e. The molecule has 5 N–H and O–H groups in total. The van der Waals surface area contributed by atoms with Crippen LogP contribution in [0.15, 0.2) is 10.5 Å². The molecule has 10 nitrogen and oxygen atoms in total. The quantitative estimate of drug-likeness (QED) is 0.276. The lowest BCUT2D eigenvalue weighted by atomic mass is 10.3. The summed E-state index contributed by atoms with van der Waals surface area (Å²) in [6.45, 7) is -0.722. The molecule has 1 heterocycles. The van der Waals surface area contributed by atoms with Crippen LogP contribution in [-0.2, 0) is 19.8 Å². The maximum atomic E-state index is 11.8. The fourth-order valence-corrected chi connectivity index (χ4v) is 1.90. The van der Waals surface area contributed by atoms with Gasteiger partial charge in [0.15, 0.2) is 16.3 Å². The lowest BCUT2D eigenvalue weighted by Crippen LogP contribution is -2.40. The lowest BCUT2D eigenvalue weighted by molar-refractivity contribution is -0.115. The van der Waals surface area contributed by atoms with E-state index in [9.17, 15) is 13.2 Å². The standard InChI is InChI=1S/C8H12N4O6S2/c1-18-12-6(4-3-19-8(9)11-4)7(14)10-2-5(13)20(15,16)17/h3,5,13H,2H2,1H3,(H2,9,11)(H,10,14)(H,15,16,17)/b12-6-. The summed E-state index contributed by atoms with van der Waals surface area (Å²) in [5.74, 6) is -0.847. The van der Waals surface area contributed by atoms with Gasteiger partial charge in [0.05, 0.1) is 6.54 Å². The molecule has 1 aromatic heterocycles. The number of carbonyl (C=O) groups is 1. The Morgan fingerprint density at radius 1 is 1.70 bits per heavy atom. The Morgan fingerprint density at radius 3 is 2.80 bits per heavy atom. The van der Waals surface area contributed by atoms with E-state index >= 15 is 0 Å². The molecule has 0 aliphatic carbocycles. The van der Waals surface area contributed by atoms with E-state index in [0.29, 0.717) is 0 Å². The highest BCUT2D eigenvalue weighted by Crippen LogP contribution is 2.12. The van der Waals surface area contributed by atoms with Gasteiger partial charge in [0.25, 0.3) is 16.0 Å². The third kappa shape index (κ3) is 4.41. The molecule has 0 spiro atoms. The van der Waals surface area contributed by atoms with Gasteiger partial charge in [-0.1, -0.05) is 5.16 Å². The maximum absolute atomic E-state index is 11.8. The Balaban J connectivity index is 2.80. The predicted octanol–water partition coefficient (Wildman–Crippen LogP) is -1.60. The molecule has 1 unspecified atom stereocenters. The zero-order valence-corrected chi connectivity index (χ0v) is 11.8. The third-order valence-electron chi connectivity index (χ3n) is 1.94. The number of nitrogens with two attached hydrogens (primary N) is 1. The van der Waals surface area contributed by atoms with Gasteiger partial charge >= 0.3 is 0 Å². The number of amides is 1. The van der Waals surface area contributed by atoms with E-state index in [2.05, 4.69) is 20.3 Å². The Labute approximate surface area is 118 Å². The van der Waals surface area contributed by atoms with Gasteiger partial charge in [0, 0.05) is 5.38 Å². The van der Waals surface area contributed by atoms with Gasteiger partial charge in [-0.3, -0.25) is 9.35 Å². The number of anilines is 1. The van der Waals surface area contributed by atoms with Gasteiger partial charge < -0.3 is 21.0 Å². The van der Waals surface area contributed by atoms with Crippen LogP contribution in [0.4, 0.5) is 5.13 Å². The number of hydrogen-bond donors (Lipinski definition) is 4. The highest BCUT2D eigenvalue weighted by Gasteiger charge is 2.23. The van der Waals surface area contributed by atoms with Crippen molar-refractivity contribution in [1.29, 1.82) is 0 Å². The molecule has 0 saturated carbocycles. The first-order chi connectivity index (χ1) is 9.25. The SMILES string of the molecule is CO/N=C(\C(=O)NCC(O)S(=O)(=O)O)c1csc(N)n1. The molecule has 1 atom stereocenters. The van der Waals surface area contributed by atoms with E-state index in [0.717, 1.165) is 11.3 Å². The molecule has 1 aromatic rings. The summed E-state index contributed by atoms with van der Waals surface area (Å²) in [6, 6.07) is 0. The van der Waals surface area contributed by atoms with Crippen molar-refractivity contribution in [1.82, 2.24) is 10.3 Å². The Kier molecular flexibility index (Phi) is 5.38. The molecule has 1 rings (SSSR count). The molecule has 0 aliphatic rings. The first-order valence-corrected chi connectivity index (χ1v) is 7.39. The second kappa shape index (κ2) is 6.60. The van der Waals surface area contributed by atoms with Crippen LogP contribution in [0.1, 0.15) is 5.69 Å². The van der Waals surface area contributed by atoms with Crippen LogP contribution < -0.4 is 11.1 Å². The highest BCUT2D eigenvalue weighted by molar-refractivity contribution is 7.86. The van der Waals surface area contributed by atoms with E-state index in [4.69, 9.17) is 15.4 Å². The van der Waals surface area contributed by atoms with Crippen LogP contribution in [0.2, 0.25) is 0 Å². The second-order valence-corrected chi connectivity index (χ2v) is 5.84.